The molecule has 7 rings (SSSR count). The smallest absolute Gasteiger partial charge is 0.269 e. The van der Waals surface area contributed by atoms with Gasteiger partial charge in [-0.15, -0.1) is 0 Å². The van der Waals surface area contributed by atoms with Gasteiger partial charge in [0.25, 0.3) is 11.6 Å². The number of aliphatic hydroxyl groups excluding tert-OH is 1. The van der Waals surface area contributed by atoms with Gasteiger partial charge in [0.15, 0.2) is 13.9 Å². The van der Waals surface area contributed by atoms with E-state index in [0.29, 0.717) is 42.7 Å². The molecule has 3 aromatic carbocycles. The second-order valence-corrected chi connectivity index (χ2v) is 18.5. The van der Waals surface area contributed by atoms with Gasteiger partial charge in [-0.3, -0.25) is 29.4 Å². The van der Waals surface area contributed by atoms with Crippen molar-refractivity contribution < 1.29 is 33.9 Å². The quantitative estimate of drug-likeness (QED) is 0.191. The summed E-state index contributed by atoms with van der Waals surface area (Å²) in [4.78, 5) is 69.8. The summed E-state index contributed by atoms with van der Waals surface area (Å²) in [6.07, 6.45) is 1.60. The number of hydrogen-bond donors (Lipinski definition) is 2. The van der Waals surface area contributed by atoms with Gasteiger partial charge in [-0.1, -0.05) is 37.3 Å². The predicted molar refractivity (Wildman–Crippen MR) is 188 cm³/mol. The number of aryl methyl sites for hydroxylation is 1. The van der Waals surface area contributed by atoms with Crippen molar-refractivity contribution in [1.82, 2.24) is 4.90 Å². The third kappa shape index (κ3) is 5.52. The van der Waals surface area contributed by atoms with Gasteiger partial charge in [0.1, 0.15) is 0 Å². The van der Waals surface area contributed by atoms with Gasteiger partial charge in [-0.25, -0.2) is 0 Å². The molecule has 5 atom stereocenters. The van der Waals surface area contributed by atoms with E-state index in [1.54, 1.807) is 33.9 Å². The van der Waals surface area contributed by atoms with Crippen molar-refractivity contribution >= 4 is 48.8 Å². The summed E-state index contributed by atoms with van der Waals surface area (Å²) in [5.74, 6) is -1.28. The summed E-state index contributed by atoms with van der Waals surface area (Å²) in [6.45, 7) is 5.81. The Bertz CT molecular complexity index is 1880. The average Bonchev–Trinajstić information content (AvgIpc) is 3.75. The van der Waals surface area contributed by atoms with Crippen molar-refractivity contribution in [3.63, 3.8) is 0 Å². The fourth-order valence-corrected chi connectivity index (χ4v) is 11.4. The molecule has 3 aromatic rings. The van der Waals surface area contributed by atoms with E-state index >= 15 is 0 Å². The van der Waals surface area contributed by atoms with Gasteiger partial charge in [0, 0.05) is 47.8 Å². The number of amides is 3. The number of likely N-dealkylation sites (tertiary alicyclic amines) is 1. The van der Waals surface area contributed by atoms with Crippen LogP contribution in [0.5, 0.6) is 0 Å². The maximum absolute atomic E-state index is 14.9. The molecular formula is C37H42N4O8Si. The number of hydrogen-bond acceptors (Lipinski definition) is 8. The first-order valence-electron chi connectivity index (χ1n) is 17.3. The Kier molecular flexibility index (Phi) is 8.65. The SMILES string of the molecule is C[C@@H]1[C@@H]([Si](C)(C)O)[C@H](CC(=O)N2CCC[C@H]2CO)O[C@@]12C(=O)N(Cc1cccc(N3C(=O)CCc4ccccc43)c1)c1ccc([N+](=O)[O-])cc12. The topological polar surface area (TPSA) is 154 Å². The number of anilines is 3. The van der Waals surface area contributed by atoms with Gasteiger partial charge in [-0.05, 0) is 67.7 Å². The number of carbonyl (C=O) groups is 3. The Labute approximate surface area is 291 Å². The van der Waals surface area contributed by atoms with Gasteiger partial charge in [0.2, 0.25) is 11.8 Å². The van der Waals surface area contributed by atoms with Gasteiger partial charge in [-0.2, -0.15) is 0 Å². The molecule has 0 bridgehead atoms. The lowest BCUT2D eigenvalue weighted by Gasteiger charge is -2.33. The van der Waals surface area contributed by atoms with Crippen molar-refractivity contribution in [3.05, 3.63) is 93.5 Å². The summed E-state index contributed by atoms with van der Waals surface area (Å²) in [7, 11) is -3.11. The van der Waals surface area contributed by atoms with Gasteiger partial charge >= 0.3 is 0 Å². The normalized spacial score (nSPS) is 26.1. The Balaban J connectivity index is 1.26. The van der Waals surface area contributed by atoms with Crippen LogP contribution >= 0.6 is 0 Å². The number of non-ortho nitro benzene ring substituents is 1. The average molecular weight is 699 g/mol. The lowest BCUT2D eigenvalue weighted by atomic mass is 9.82. The largest absolute Gasteiger partial charge is 0.432 e. The molecule has 2 fully saturated rings. The summed E-state index contributed by atoms with van der Waals surface area (Å²) in [6, 6.07) is 19.3. The molecule has 13 heteroatoms. The predicted octanol–water partition coefficient (Wildman–Crippen LogP) is 4.92. The van der Waals surface area contributed by atoms with Crippen molar-refractivity contribution in [1.29, 1.82) is 0 Å². The second kappa shape index (κ2) is 12.7. The van der Waals surface area contributed by atoms with Crippen LogP contribution in [0.15, 0.2) is 66.7 Å². The van der Waals surface area contributed by atoms with E-state index in [2.05, 4.69) is 0 Å². The zero-order chi connectivity index (χ0) is 35.5. The number of carbonyl (C=O) groups excluding carboxylic acids is 3. The van der Waals surface area contributed by atoms with Crippen molar-refractivity contribution in [3.8, 4) is 0 Å². The third-order valence-corrected chi connectivity index (χ3v) is 13.6. The first-order valence-corrected chi connectivity index (χ1v) is 20.3. The summed E-state index contributed by atoms with van der Waals surface area (Å²) in [5.41, 5.74) is 1.69. The van der Waals surface area contributed by atoms with Crippen LogP contribution in [0, 0.1) is 16.0 Å². The Morgan fingerprint density at radius 2 is 1.84 bits per heavy atom. The molecule has 1 spiro atoms. The molecule has 2 saturated heterocycles. The molecule has 50 heavy (non-hydrogen) atoms. The van der Waals surface area contributed by atoms with E-state index in [1.165, 1.54) is 12.1 Å². The molecule has 0 saturated carbocycles. The van der Waals surface area contributed by atoms with Crippen molar-refractivity contribution in [2.75, 3.05) is 23.0 Å². The number of nitro benzene ring substituents is 1. The molecular weight excluding hydrogens is 657 g/mol. The maximum Gasteiger partial charge on any atom is 0.269 e. The highest BCUT2D eigenvalue weighted by molar-refractivity contribution is 6.71. The number of rotatable bonds is 8. The van der Waals surface area contributed by atoms with Crippen LogP contribution < -0.4 is 9.80 Å². The van der Waals surface area contributed by atoms with Crippen LogP contribution in [-0.4, -0.2) is 71.1 Å². The molecule has 12 nitrogen and oxygen atoms in total. The zero-order valence-electron chi connectivity index (χ0n) is 28.4. The van der Waals surface area contributed by atoms with E-state index in [4.69, 9.17) is 4.74 Å². The van der Waals surface area contributed by atoms with Gasteiger partial charge < -0.3 is 24.4 Å². The highest BCUT2D eigenvalue weighted by Crippen LogP contribution is 2.60. The van der Waals surface area contributed by atoms with E-state index in [1.807, 2.05) is 55.5 Å². The van der Waals surface area contributed by atoms with E-state index in [0.717, 1.165) is 23.2 Å². The molecule has 2 N–H and O–H groups in total. The maximum atomic E-state index is 14.9. The minimum absolute atomic E-state index is 0.0236. The highest BCUT2D eigenvalue weighted by atomic mass is 28.4. The van der Waals surface area contributed by atoms with E-state index in [9.17, 15) is 34.4 Å². The molecule has 4 aliphatic rings. The van der Waals surface area contributed by atoms with Gasteiger partial charge in [0.05, 0.1) is 48.0 Å². The first-order chi connectivity index (χ1) is 23.8. The summed E-state index contributed by atoms with van der Waals surface area (Å²) < 4.78 is 6.77. The second-order valence-electron chi connectivity index (χ2n) is 14.5. The monoisotopic (exact) mass is 698 g/mol. The van der Waals surface area contributed by atoms with E-state index in [-0.39, 0.29) is 43.1 Å². The fourth-order valence-electron chi connectivity index (χ4n) is 8.87. The number of ether oxygens (including phenoxy) is 1. The molecule has 3 amide bonds. The zero-order valence-corrected chi connectivity index (χ0v) is 29.4. The highest BCUT2D eigenvalue weighted by Gasteiger charge is 2.66. The fraction of sp³-hybridized carbons (Fsp3) is 0.432. The third-order valence-electron chi connectivity index (χ3n) is 11.1. The number of benzene rings is 3. The molecule has 0 aromatic heterocycles. The Hall–Kier alpha value is -4.43. The minimum atomic E-state index is -3.11. The van der Waals surface area contributed by atoms with Crippen LogP contribution in [0.4, 0.5) is 22.7 Å². The Morgan fingerprint density at radius 3 is 2.58 bits per heavy atom. The molecule has 262 valence electrons. The molecule has 4 heterocycles. The molecule has 4 aliphatic heterocycles. The van der Waals surface area contributed by atoms with E-state index < -0.39 is 42.3 Å². The van der Waals surface area contributed by atoms with Crippen LogP contribution in [0.3, 0.4) is 0 Å². The van der Waals surface area contributed by atoms with Crippen LogP contribution in [0.2, 0.25) is 18.6 Å². The lowest BCUT2D eigenvalue weighted by Crippen LogP contribution is -2.46. The minimum Gasteiger partial charge on any atom is -0.432 e. The molecule has 0 radical (unpaired) electrons. The summed E-state index contributed by atoms with van der Waals surface area (Å²) >= 11 is 0. The first kappa shape index (κ1) is 34.0. The van der Waals surface area contributed by atoms with Crippen LogP contribution in [-0.2, 0) is 37.7 Å². The number of nitro groups is 1. The summed E-state index contributed by atoms with van der Waals surface area (Å²) in [5, 5.41) is 21.9. The van der Waals surface area contributed by atoms with Crippen molar-refractivity contribution in [2.24, 2.45) is 5.92 Å². The number of aliphatic hydroxyl groups is 1. The number of para-hydroxylation sites is 1. The van der Waals surface area contributed by atoms with Crippen LogP contribution in [0.25, 0.3) is 0 Å². The molecule has 0 unspecified atom stereocenters. The number of nitrogens with zero attached hydrogens (tertiary/aromatic N) is 4. The standard InChI is InChI=1S/C37H42N4O8Si/c1-23-35(50(2,3)48)32(20-34(44)38-17-7-11-28(38)22-42)49-37(23)29-19-27(41(46)47)14-15-31(29)39(36(37)45)21-24-8-6-10-26(18-24)40-30-12-5-4-9-25(30)13-16-33(40)43/h4-6,8-10,12,14-15,18-19,23,28,32,35,42,48H,7,11,13,16-17,20-22H2,1-3H3/t23-,28+,32+,35-,37+/m1/s1. The lowest BCUT2D eigenvalue weighted by molar-refractivity contribution is -0.385. The Morgan fingerprint density at radius 1 is 1.06 bits per heavy atom. The molecule has 0 aliphatic carbocycles. The van der Waals surface area contributed by atoms with Crippen molar-refractivity contribution in [2.45, 2.75) is 82.0 Å². The van der Waals surface area contributed by atoms with Crippen LogP contribution in [0.1, 0.15) is 49.3 Å². The number of fused-ring (bicyclic) bond motifs is 3.